The van der Waals surface area contributed by atoms with Crippen LogP contribution in [0.15, 0.2) is 11.6 Å². The van der Waals surface area contributed by atoms with Gasteiger partial charge < -0.3 is 40.1 Å². The highest BCUT2D eigenvalue weighted by Gasteiger charge is 2.73. The van der Waals surface area contributed by atoms with E-state index >= 15 is 0 Å². The summed E-state index contributed by atoms with van der Waals surface area (Å²) in [5.74, 6) is -1.24. The van der Waals surface area contributed by atoms with E-state index in [1.807, 2.05) is 0 Å². The zero-order chi connectivity index (χ0) is 33.8. The maximum atomic E-state index is 13.8. The lowest BCUT2D eigenvalue weighted by atomic mass is 9.33. The first-order chi connectivity index (χ1) is 21.4. The van der Waals surface area contributed by atoms with Crippen molar-refractivity contribution in [3.8, 4) is 0 Å². The van der Waals surface area contributed by atoms with Crippen LogP contribution in [0.5, 0.6) is 0 Å². The normalized spacial score (nSPS) is 53.1. The fraction of sp³-hybridized carbons (Fsp3) is 0.889. The minimum atomic E-state index is -1.51. The van der Waals surface area contributed by atoms with Crippen LogP contribution in [0.3, 0.4) is 0 Å². The predicted molar refractivity (Wildman–Crippen MR) is 167 cm³/mol. The molecule has 0 aromatic carbocycles. The second-order valence-corrected chi connectivity index (χ2v) is 17.2. The highest BCUT2D eigenvalue weighted by atomic mass is 16.7. The van der Waals surface area contributed by atoms with Crippen LogP contribution in [0, 0.1) is 56.7 Å². The van der Waals surface area contributed by atoms with Crippen molar-refractivity contribution in [1.29, 1.82) is 0 Å². The van der Waals surface area contributed by atoms with Crippen LogP contribution in [-0.2, 0) is 19.1 Å². The van der Waals surface area contributed by atoms with E-state index in [9.17, 15) is 40.2 Å². The number of aliphatic hydroxyl groups is 4. The van der Waals surface area contributed by atoms with Crippen LogP contribution < -0.4 is 0 Å². The third kappa shape index (κ3) is 4.35. The Kier molecular flexibility index (Phi) is 8.38. The standard InChI is InChI=1S/C36H56O10/c1-18-9-14-35(30(41)42)15-16-36(31(43)44)20(25(35)19(18)2)7-8-23-33(5)12-11-24(32(3,4)22(33)10-13-34(23,36)6)46-29-28(40)27(39)26(38)21(17-37)45-29/h7,18-19,21-29,37-40H,8-17H2,1-6H3,(H,41,42)(H,43,44)/t18-,19+,21-,22-,23-,24+,25+,26-,27+,28-,29+,33+,34-,35+,36-/m1/s1. The number of rotatable bonds is 5. The van der Waals surface area contributed by atoms with E-state index in [1.165, 1.54) is 0 Å². The molecule has 1 saturated heterocycles. The highest BCUT2D eigenvalue weighted by molar-refractivity contribution is 5.84. The molecule has 1 heterocycles. The molecule has 10 heteroatoms. The van der Waals surface area contributed by atoms with Gasteiger partial charge in [-0.1, -0.05) is 53.2 Å². The van der Waals surface area contributed by atoms with Crippen molar-refractivity contribution in [3.05, 3.63) is 11.6 Å². The summed E-state index contributed by atoms with van der Waals surface area (Å²) in [5, 5.41) is 63.0. The summed E-state index contributed by atoms with van der Waals surface area (Å²) < 4.78 is 12.1. The van der Waals surface area contributed by atoms with Crippen molar-refractivity contribution in [1.82, 2.24) is 0 Å². The van der Waals surface area contributed by atoms with Crippen LogP contribution in [0.4, 0.5) is 0 Å². The third-order valence-corrected chi connectivity index (χ3v) is 15.3. The molecular formula is C36H56O10. The zero-order valence-electron chi connectivity index (χ0n) is 28.3. The quantitative estimate of drug-likeness (QED) is 0.189. The number of carboxylic acids is 2. The van der Waals surface area contributed by atoms with Crippen LogP contribution in [0.25, 0.3) is 0 Å². The van der Waals surface area contributed by atoms with Crippen molar-refractivity contribution in [3.63, 3.8) is 0 Å². The lowest BCUT2D eigenvalue weighted by molar-refractivity contribution is -0.330. The van der Waals surface area contributed by atoms with Gasteiger partial charge in [-0.2, -0.15) is 0 Å². The van der Waals surface area contributed by atoms with Gasteiger partial charge in [0.25, 0.3) is 0 Å². The summed E-state index contributed by atoms with van der Waals surface area (Å²) in [6.07, 6.45) is 0.942. The first kappa shape index (κ1) is 34.3. The van der Waals surface area contributed by atoms with E-state index in [2.05, 4.69) is 47.6 Å². The molecule has 1 aliphatic heterocycles. The van der Waals surface area contributed by atoms with Crippen molar-refractivity contribution >= 4 is 11.9 Å². The van der Waals surface area contributed by atoms with E-state index in [0.717, 1.165) is 31.3 Å². The topological polar surface area (TPSA) is 174 Å². The Morgan fingerprint density at radius 3 is 2.20 bits per heavy atom. The molecule has 46 heavy (non-hydrogen) atoms. The molecule has 10 nitrogen and oxygen atoms in total. The molecule has 6 rings (SSSR count). The smallest absolute Gasteiger partial charge is 0.314 e. The number of fused-ring (bicyclic) bond motifs is 7. The average molecular weight is 649 g/mol. The van der Waals surface area contributed by atoms with E-state index in [4.69, 9.17) is 9.47 Å². The number of hydrogen-bond donors (Lipinski definition) is 6. The molecule has 15 atom stereocenters. The summed E-state index contributed by atoms with van der Waals surface area (Å²) in [6, 6.07) is 0. The van der Waals surface area contributed by atoms with Gasteiger partial charge in [0.1, 0.15) is 24.4 Å². The second kappa shape index (κ2) is 11.2. The number of hydrogen-bond acceptors (Lipinski definition) is 8. The van der Waals surface area contributed by atoms with Gasteiger partial charge in [-0.25, -0.2) is 0 Å². The minimum absolute atomic E-state index is 0.0692. The molecule has 0 bridgehead atoms. The Labute approximate surface area is 272 Å². The zero-order valence-corrected chi connectivity index (χ0v) is 28.3. The maximum absolute atomic E-state index is 13.8. The Morgan fingerprint density at radius 2 is 1.57 bits per heavy atom. The predicted octanol–water partition coefficient (Wildman–Crippen LogP) is 3.98. The first-order valence-electron chi connectivity index (χ1n) is 17.6. The molecular weight excluding hydrogens is 592 g/mol. The second-order valence-electron chi connectivity index (χ2n) is 17.2. The summed E-state index contributed by atoms with van der Waals surface area (Å²) in [7, 11) is 0. The Balaban J connectivity index is 1.34. The molecule has 5 fully saturated rings. The number of ether oxygens (including phenoxy) is 2. The molecule has 6 aliphatic rings. The van der Waals surface area contributed by atoms with Gasteiger partial charge in [-0.3, -0.25) is 9.59 Å². The molecule has 4 saturated carbocycles. The SMILES string of the molecule is C[C@H]1[C@H](C)CC[C@]2(C(=O)O)CC[C@]3(C(=O)O)C(=CC[C@@H]4[C@@]5(C)CC[C@H](O[C@@H]6O[C@H](CO)[C@@H](O)[C@H](O)[C@H]6O)C(C)(C)[C@H]5CC[C@]43C)[C@H]12. The Morgan fingerprint density at radius 1 is 0.870 bits per heavy atom. The molecule has 0 aromatic rings. The summed E-state index contributed by atoms with van der Waals surface area (Å²) >= 11 is 0. The monoisotopic (exact) mass is 648 g/mol. The Hall–Kier alpha value is -1.56. The molecule has 0 spiro atoms. The van der Waals surface area contributed by atoms with Crippen LogP contribution in [0.2, 0.25) is 0 Å². The molecule has 0 amide bonds. The van der Waals surface area contributed by atoms with Gasteiger partial charge in [0.05, 0.1) is 23.5 Å². The number of aliphatic hydroxyl groups excluding tert-OH is 4. The molecule has 6 N–H and O–H groups in total. The van der Waals surface area contributed by atoms with Crippen LogP contribution in [0.1, 0.15) is 99.3 Å². The van der Waals surface area contributed by atoms with Crippen molar-refractivity contribution < 1.29 is 49.7 Å². The minimum Gasteiger partial charge on any atom is -0.481 e. The highest BCUT2D eigenvalue weighted by Crippen LogP contribution is 2.76. The van der Waals surface area contributed by atoms with Crippen LogP contribution in [-0.4, -0.2) is 86.0 Å². The molecule has 0 unspecified atom stereocenters. The van der Waals surface area contributed by atoms with Gasteiger partial charge in [0.2, 0.25) is 0 Å². The molecule has 260 valence electrons. The van der Waals surface area contributed by atoms with Crippen molar-refractivity contribution in [2.75, 3.05) is 6.61 Å². The molecule has 5 aliphatic carbocycles. The van der Waals surface area contributed by atoms with Gasteiger partial charge in [0, 0.05) is 0 Å². The number of aliphatic carboxylic acids is 2. The fourth-order valence-electron chi connectivity index (χ4n) is 12.6. The van der Waals surface area contributed by atoms with E-state index < -0.39 is 70.9 Å². The third-order valence-electron chi connectivity index (χ3n) is 15.3. The largest absolute Gasteiger partial charge is 0.481 e. The van der Waals surface area contributed by atoms with Gasteiger partial charge in [-0.05, 0) is 104 Å². The first-order valence-corrected chi connectivity index (χ1v) is 17.6. The Bertz CT molecular complexity index is 1260. The lowest BCUT2D eigenvalue weighted by Crippen LogP contribution is -2.68. The van der Waals surface area contributed by atoms with E-state index in [-0.39, 0.29) is 35.2 Å². The molecule has 0 aromatic heterocycles. The summed E-state index contributed by atoms with van der Waals surface area (Å²) in [4.78, 5) is 26.8. The number of carbonyl (C=O) groups is 2. The van der Waals surface area contributed by atoms with Crippen molar-refractivity contribution in [2.45, 2.75) is 136 Å². The fourth-order valence-corrected chi connectivity index (χ4v) is 12.6. The van der Waals surface area contributed by atoms with Crippen molar-refractivity contribution in [2.24, 2.45) is 56.7 Å². The maximum Gasteiger partial charge on any atom is 0.314 e. The summed E-state index contributed by atoms with van der Waals surface area (Å²) in [6.45, 7) is 12.6. The van der Waals surface area contributed by atoms with Gasteiger partial charge in [0.15, 0.2) is 6.29 Å². The average Bonchev–Trinajstić information content (AvgIpc) is 2.99. The van der Waals surface area contributed by atoms with Crippen LogP contribution >= 0.6 is 0 Å². The number of carboxylic acid groups (broad SMARTS) is 2. The lowest BCUT2D eigenvalue weighted by Gasteiger charge is -2.70. The molecule has 0 radical (unpaired) electrons. The summed E-state index contributed by atoms with van der Waals surface area (Å²) in [5.41, 5.74) is -2.32. The van der Waals surface area contributed by atoms with Gasteiger partial charge >= 0.3 is 11.9 Å². The van der Waals surface area contributed by atoms with E-state index in [0.29, 0.717) is 38.0 Å². The van der Waals surface area contributed by atoms with E-state index in [1.54, 1.807) is 0 Å². The van der Waals surface area contributed by atoms with Gasteiger partial charge in [-0.15, -0.1) is 0 Å². The number of allylic oxidation sites excluding steroid dienone is 1.